The molecule has 50 heavy (non-hydrogen) atoms. The third-order valence-corrected chi connectivity index (χ3v) is 15.0. The molecule has 8 atom stereocenters. The predicted octanol–water partition coefficient (Wildman–Crippen LogP) is 7.36. The van der Waals surface area contributed by atoms with Gasteiger partial charge in [0.05, 0.1) is 39.0 Å². The summed E-state index contributed by atoms with van der Waals surface area (Å²) in [5, 5.41) is 27.2. The Morgan fingerprint density at radius 1 is 0.940 bits per heavy atom. The molecule has 274 valence electrons. The first-order chi connectivity index (χ1) is 23.8. The minimum Gasteiger partial charge on any atom is -0.497 e. The van der Waals surface area contributed by atoms with Crippen LogP contribution in [0.3, 0.4) is 0 Å². The molecule has 1 aromatic carbocycles. The van der Waals surface area contributed by atoms with Gasteiger partial charge in [0.2, 0.25) is 0 Å². The number of nitrogens with zero attached hydrogens (tertiary/aromatic N) is 1. The molecular weight excluding hydrogens is 628 g/mol. The van der Waals surface area contributed by atoms with E-state index in [1.165, 1.54) is 6.42 Å². The number of carbonyl (C=O) groups excluding carboxylic acids is 2. The van der Waals surface area contributed by atoms with Crippen LogP contribution in [0.5, 0.6) is 11.5 Å². The number of hydrogen-bond donors (Lipinski definition) is 3. The molecule has 0 heterocycles. The van der Waals surface area contributed by atoms with Gasteiger partial charge in [-0.2, -0.15) is 0 Å². The lowest BCUT2D eigenvalue weighted by atomic mass is 9.32. The van der Waals surface area contributed by atoms with Crippen molar-refractivity contribution in [2.24, 2.45) is 39.4 Å². The van der Waals surface area contributed by atoms with Crippen LogP contribution in [-0.4, -0.2) is 65.4 Å². The molecule has 8 nitrogen and oxygen atoms in total. The molecule has 7 aliphatic rings. The normalized spacial score (nSPS) is 38.9. The fourth-order valence-corrected chi connectivity index (χ4v) is 12.2. The van der Waals surface area contributed by atoms with Crippen LogP contribution in [0, 0.1) is 39.4 Å². The Kier molecular flexibility index (Phi) is 9.02. The minimum atomic E-state index is -1.16. The Balaban J connectivity index is 1.28. The highest BCUT2D eigenvalue weighted by atomic mass is 16.5. The van der Waals surface area contributed by atoms with Gasteiger partial charge in [0.25, 0.3) is 0 Å². The molecule has 7 aliphatic carbocycles. The Labute approximate surface area is 299 Å². The van der Waals surface area contributed by atoms with Crippen LogP contribution in [0.15, 0.2) is 42.0 Å². The molecule has 1 aromatic rings. The van der Waals surface area contributed by atoms with Gasteiger partial charge in [-0.1, -0.05) is 51.3 Å². The molecule has 2 amide bonds. The number of ether oxygens (including phenoxy) is 2. The van der Waals surface area contributed by atoms with Crippen molar-refractivity contribution in [2.75, 3.05) is 20.8 Å². The molecule has 8 unspecified atom stereocenters. The van der Waals surface area contributed by atoms with Crippen molar-refractivity contribution >= 4 is 11.8 Å². The molecular formula is C42H60N2O6. The number of rotatable bonds is 9. The Morgan fingerprint density at radius 2 is 1.64 bits per heavy atom. The first-order valence-electron chi connectivity index (χ1n) is 19.4. The van der Waals surface area contributed by atoms with Gasteiger partial charge in [-0.3, -0.25) is 4.79 Å². The summed E-state index contributed by atoms with van der Waals surface area (Å²) in [6.07, 6.45) is 17.6. The summed E-state index contributed by atoms with van der Waals surface area (Å²) in [5.74, 6) is 2.01. The highest BCUT2D eigenvalue weighted by Gasteiger charge is 2.74. The predicted molar refractivity (Wildman–Crippen MR) is 194 cm³/mol. The molecule has 8 heteroatoms. The second kappa shape index (κ2) is 12.7. The largest absolute Gasteiger partial charge is 0.497 e. The molecule has 2 spiro atoms. The third kappa shape index (κ3) is 5.20. The quantitative estimate of drug-likeness (QED) is 0.234. The van der Waals surface area contributed by atoms with Crippen LogP contribution >= 0.6 is 0 Å². The number of aliphatic hydroxyl groups is 2. The van der Waals surface area contributed by atoms with Crippen molar-refractivity contribution in [2.45, 2.75) is 129 Å². The molecule has 0 saturated heterocycles. The first-order valence-corrected chi connectivity index (χ1v) is 19.4. The molecule has 4 saturated carbocycles. The van der Waals surface area contributed by atoms with Gasteiger partial charge in [-0.25, -0.2) is 4.79 Å². The van der Waals surface area contributed by atoms with Crippen molar-refractivity contribution in [3.8, 4) is 11.5 Å². The number of nitrogens with one attached hydrogen (secondary N) is 1. The number of amides is 2. The number of urea groups is 1. The van der Waals surface area contributed by atoms with E-state index in [1.807, 2.05) is 32.0 Å². The molecule has 0 radical (unpaired) electrons. The zero-order valence-corrected chi connectivity index (χ0v) is 31.2. The van der Waals surface area contributed by atoms with Crippen LogP contribution in [-0.2, 0) is 11.3 Å². The third-order valence-electron chi connectivity index (χ3n) is 15.0. The van der Waals surface area contributed by atoms with Gasteiger partial charge in [0.15, 0.2) is 5.78 Å². The molecule has 0 aromatic heterocycles. The fraction of sp³-hybridized carbons (Fsp3) is 0.714. The number of fused-ring (bicyclic) bond motifs is 1. The summed E-state index contributed by atoms with van der Waals surface area (Å²) in [4.78, 5) is 30.6. The first kappa shape index (κ1) is 35.6. The van der Waals surface area contributed by atoms with Gasteiger partial charge in [-0.05, 0) is 101 Å². The molecule has 8 rings (SSSR count). The number of Topliss-reactive ketones (excluding diaryl/α,β-unsaturated/α-hetero) is 1. The van der Waals surface area contributed by atoms with Crippen molar-refractivity contribution in [1.29, 1.82) is 0 Å². The van der Waals surface area contributed by atoms with E-state index < -0.39 is 16.4 Å². The molecule has 3 N–H and O–H groups in total. The van der Waals surface area contributed by atoms with E-state index in [1.54, 1.807) is 19.1 Å². The zero-order chi connectivity index (χ0) is 35.7. The summed E-state index contributed by atoms with van der Waals surface area (Å²) in [7, 11) is 3.24. The van der Waals surface area contributed by atoms with Crippen LogP contribution in [0.2, 0.25) is 0 Å². The molecule has 4 fully saturated rings. The average Bonchev–Trinajstić information content (AvgIpc) is 3.37. The van der Waals surface area contributed by atoms with Gasteiger partial charge < -0.3 is 29.9 Å². The van der Waals surface area contributed by atoms with Crippen molar-refractivity contribution < 1.29 is 29.3 Å². The number of benzene rings is 1. The van der Waals surface area contributed by atoms with Crippen LogP contribution in [0.1, 0.15) is 110 Å². The van der Waals surface area contributed by atoms with Crippen molar-refractivity contribution in [3.05, 3.63) is 47.6 Å². The highest BCUT2D eigenvalue weighted by Crippen LogP contribution is 2.78. The summed E-state index contributed by atoms with van der Waals surface area (Å²) >= 11 is 0. The minimum absolute atomic E-state index is 0.0529. The highest BCUT2D eigenvalue weighted by molar-refractivity contribution is 6.00. The summed E-state index contributed by atoms with van der Waals surface area (Å²) in [6.45, 7) is 9.05. The number of hydrogen-bond acceptors (Lipinski definition) is 6. The van der Waals surface area contributed by atoms with E-state index in [0.717, 1.165) is 68.9 Å². The number of carbonyl (C=O) groups is 2. The standard InChI is InChI=1S/C42H60N2O6/c1-27(2)43-37(47)44(25-29-12-13-31(49-5)22-33(29)50-6)26-41(48)19-16-35-39(41,4)18-15-34-38(3)17-14-30(45)23-40(38)20-21-42(34,35)32(24-40)36(46)28-10-8-7-9-11-28/h12-13,20-22,24,27-28,30,34-35,45,48H,7-11,14-19,23,25-26H2,1-6H3,(H,43,47). The van der Waals surface area contributed by atoms with E-state index in [9.17, 15) is 19.8 Å². The van der Waals surface area contributed by atoms with Crippen LogP contribution in [0.25, 0.3) is 0 Å². The topological polar surface area (TPSA) is 108 Å². The van der Waals surface area contributed by atoms with E-state index in [0.29, 0.717) is 30.1 Å². The monoisotopic (exact) mass is 688 g/mol. The SMILES string of the molecule is COc1ccc(CN(CC2(O)CCC3C45C=CC6(C=C4C(=O)C4CCCCC4)CC(O)CCC6(C)C5CCC32C)C(=O)NC(C)C)c(OC)c1. The van der Waals surface area contributed by atoms with Crippen LogP contribution < -0.4 is 14.8 Å². The second-order valence-electron chi connectivity index (χ2n) is 17.6. The number of aliphatic hydroxyl groups excluding tert-OH is 1. The maximum absolute atomic E-state index is 14.9. The summed E-state index contributed by atoms with van der Waals surface area (Å²) < 4.78 is 11.2. The fourth-order valence-electron chi connectivity index (χ4n) is 12.2. The van der Waals surface area contributed by atoms with E-state index in [2.05, 4.69) is 37.4 Å². The second-order valence-corrected chi connectivity index (χ2v) is 17.6. The van der Waals surface area contributed by atoms with Gasteiger partial charge in [0.1, 0.15) is 11.5 Å². The Hall–Kier alpha value is -2.84. The lowest BCUT2D eigenvalue weighted by Crippen LogP contribution is -2.67. The maximum atomic E-state index is 14.9. The van der Waals surface area contributed by atoms with Crippen molar-refractivity contribution in [1.82, 2.24) is 10.2 Å². The lowest BCUT2D eigenvalue weighted by molar-refractivity contribution is -0.178. The number of allylic oxidation sites excluding steroid dienone is 4. The molecule has 2 bridgehead atoms. The van der Waals surface area contributed by atoms with Gasteiger partial charge in [-0.15, -0.1) is 0 Å². The number of ketones is 1. The Bertz CT molecular complexity index is 1560. The molecule has 0 aliphatic heterocycles. The van der Waals surface area contributed by atoms with Gasteiger partial charge in [0, 0.05) is 45.4 Å². The number of methoxy groups -OCH3 is 2. The lowest BCUT2D eigenvalue weighted by Gasteiger charge is -2.71. The van der Waals surface area contributed by atoms with Crippen LogP contribution in [0.4, 0.5) is 4.79 Å². The van der Waals surface area contributed by atoms with E-state index in [-0.39, 0.29) is 59.9 Å². The Morgan fingerprint density at radius 3 is 2.34 bits per heavy atom. The van der Waals surface area contributed by atoms with Gasteiger partial charge >= 0.3 is 6.03 Å². The smallest absolute Gasteiger partial charge is 0.317 e. The van der Waals surface area contributed by atoms with E-state index in [4.69, 9.17) is 9.47 Å². The summed E-state index contributed by atoms with van der Waals surface area (Å²) in [5.41, 5.74) is -0.700. The summed E-state index contributed by atoms with van der Waals surface area (Å²) in [6, 6.07) is 5.35. The maximum Gasteiger partial charge on any atom is 0.317 e. The van der Waals surface area contributed by atoms with Crippen molar-refractivity contribution in [3.63, 3.8) is 0 Å². The van der Waals surface area contributed by atoms with E-state index >= 15 is 0 Å². The zero-order valence-electron chi connectivity index (χ0n) is 31.2. The average molecular weight is 689 g/mol.